The first-order valence-corrected chi connectivity index (χ1v) is 5.95. The van der Waals surface area contributed by atoms with Gasteiger partial charge in [-0.3, -0.25) is 9.78 Å². The molecule has 0 radical (unpaired) electrons. The molecule has 0 unspecified atom stereocenters. The second kappa shape index (κ2) is 5.13. The fourth-order valence-corrected chi connectivity index (χ4v) is 1.85. The van der Waals surface area contributed by atoms with Gasteiger partial charge in [0.25, 0.3) is 5.91 Å². The van der Waals surface area contributed by atoms with Crippen molar-refractivity contribution in [1.82, 2.24) is 4.98 Å². The summed E-state index contributed by atoms with van der Waals surface area (Å²) in [5.74, 6) is -0.482. The molecule has 2 rings (SSSR count). The number of carbonyl (C=O) groups excluding carboxylic acids is 1. The zero-order chi connectivity index (χ0) is 12.3. The number of rotatable bonds is 2. The summed E-state index contributed by atoms with van der Waals surface area (Å²) in [6, 6.07) is 8.90. The Kier molecular flexibility index (Phi) is 3.58. The van der Waals surface area contributed by atoms with Crippen molar-refractivity contribution in [3.8, 4) is 5.75 Å². The lowest BCUT2D eigenvalue weighted by Crippen LogP contribution is -2.12. The van der Waals surface area contributed by atoms with Crippen molar-refractivity contribution in [2.45, 2.75) is 0 Å². The molecule has 0 bridgehead atoms. The highest BCUT2D eigenvalue weighted by atomic mass is 127. The van der Waals surface area contributed by atoms with Crippen LogP contribution < -0.4 is 5.32 Å². The number of nitrogens with one attached hydrogen (secondary N) is 1. The third kappa shape index (κ3) is 2.73. The molecule has 1 aromatic heterocycles. The lowest BCUT2D eigenvalue weighted by atomic mass is 10.2. The third-order valence-electron chi connectivity index (χ3n) is 2.17. The summed E-state index contributed by atoms with van der Waals surface area (Å²) >= 11 is 2.13. The van der Waals surface area contributed by atoms with E-state index in [2.05, 4.69) is 32.9 Å². The molecule has 0 atom stereocenters. The van der Waals surface area contributed by atoms with Crippen LogP contribution in [-0.2, 0) is 0 Å². The highest BCUT2D eigenvalue weighted by Crippen LogP contribution is 2.20. The largest absolute Gasteiger partial charge is 0.505 e. The fourth-order valence-electron chi connectivity index (χ4n) is 1.33. The second-order valence-electron chi connectivity index (χ2n) is 3.33. The Morgan fingerprint density at radius 3 is 2.76 bits per heavy atom. The van der Waals surface area contributed by atoms with Gasteiger partial charge < -0.3 is 10.4 Å². The van der Waals surface area contributed by atoms with E-state index < -0.39 is 0 Å². The summed E-state index contributed by atoms with van der Waals surface area (Å²) in [7, 11) is 0. The van der Waals surface area contributed by atoms with E-state index in [-0.39, 0.29) is 17.2 Å². The molecule has 1 amide bonds. The predicted molar refractivity (Wildman–Crippen MR) is 73.0 cm³/mol. The number of hydrogen-bond donors (Lipinski definition) is 2. The number of para-hydroxylation sites is 1. The number of benzene rings is 1. The fraction of sp³-hybridized carbons (Fsp3) is 0. The molecule has 0 aliphatic carbocycles. The number of aromatic hydroxyl groups is 1. The summed E-state index contributed by atoms with van der Waals surface area (Å²) in [4.78, 5) is 15.6. The maximum absolute atomic E-state index is 11.9. The van der Waals surface area contributed by atoms with E-state index in [1.165, 1.54) is 18.5 Å². The van der Waals surface area contributed by atoms with E-state index in [4.69, 9.17) is 0 Å². The lowest BCUT2D eigenvalue weighted by molar-refractivity contribution is 0.102. The van der Waals surface area contributed by atoms with Gasteiger partial charge in [0.05, 0.1) is 17.4 Å². The minimum Gasteiger partial charge on any atom is -0.505 e. The Morgan fingerprint density at radius 2 is 2.06 bits per heavy atom. The number of hydrogen-bond acceptors (Lipinski definition) is 3. The number of pyridine rings is 1. The van der Waals surface area contributed by atoms with E-state index in [0.29, 0.717) is 5.69 Å². The molecule has 2 aromatic rings. The van der Waals surface area contributed by atoms with Crippen molar-refractivity contribution in [2.24, 2.45) is 0 Å². The number of carbonyl (C=O) groups is 1. The highest BCUT2D eigenvalue weighted by molar-refractivity contribution is 14.1. The first-order valence-electron chi connectivity index (χ1n) is 4.87. The van der Waals surface area contributed by atoms with E-state index in [0.717, 1.165) is 3.57 Å². The van der Waals surface area contributed by atoms with Gasteiger partial charge >= 0.3 is 0 Å². The average molecular weight is 340 g/mol. The number of halogens is 1. The molecule has 86 valence electrons. The van der Waals surface area contributed by atoms with Crippen LogP contribution in [0.2, 0.25) is 0 Å². The summed E-state index contributed by atoms with van der Waals surface area (Å²) in [5, 5.41) is 12.2. The maximum atomic E-state index is 11.9. The van der Waals surface area contributed by atoms with Crippen molar-refractivity contribution < 1.29 is 9.90 Å². The van der Waals surface area contributed by atoms with Gasteiger partial charge in [-0.15, -0.1) is 0 Å². The van der Waals surface area contributed by atoms with E-state index in [9.17, 15) is 9.90 Å². The first-order chi connectivity index (χ1) is 8.18. The summed E-state index contributed by atoms with van der Waals surface area (Å²) < 4.78 is 0.937. The number of nitrogens with zero attached hydrogens (tertiary/aromatic N) is 1. The van der Waals surface area contributed by atoms with Crippen molar-refractivity contribution in [3.05, 3.63) is 51.9 Å². The Labute approximate surface area is 112 Å². The van der Waals surface area contributed by atoms with Crippen LogP contribution in [0, 0.1) is 3.57 Å². The van der Waals surface area contributed by atoms with Crippen molar-refractivity contribution >= 4 is 34.2 Å². The monoisotopic (exact) mass is 340 g/mol. The number of aromatic nitrogens is 1. The topological polar surface area (TPSA) is 62.2 Å². The second-order valence-corrected chi connectivity index (χ2v) is 4.49. The zero-order valence-electron chi connectivity index (χ0n) is 8.72. The van der Waals surface area contributed by atoms with Crippen LogP contribution in [0.3, 0.4) is 0 Å². The Hall–Kier alpha value is -1.63. The quantitative estimate of drug-likeness (QED) is 0.827. The molecule has 0 fully saturated rings. The molecule has 0 saturated heterocycles. The van der Waals surface area contributed by atoms with Crippen LogP contribution in [0.1, 0.15) is 10.4 Å². The standard InChI is InChI=1S/C12H9IN2O2/c13-9-3-1-2-4-10(9)15-12(17)8-5-6-14-7-11(8)16/h1-7,16H,(H,15,17). The average Bonchev–Trinajstić information content (AvgIpc) is 2.32. The molecule has 0 spiro atoms. The van der Waals surface area contributed by atoms with Crippen molar-refractivity contribution in [2.75, 3.05) is 5.32 Å². The van der Waals surface area contributed by atoms with Crippen molar-refractivity contribution in [3.63, 3.8) is 0 Å². The molecule has 4 nitrogen and oxygen atoms in total. The van der Waals surface area contributed by atoms with Gasteiger partial charge in [-0.2, -0.15) is 0 Å². The Morgan fingerprint density at radius 1 is 1.29 bits per heavy atom. The molecule has 17 heavy (non-hydrogen) atoms. The highest BCUT2D eigenvalue weighted by Gasteiger charge is 2.11. The zero-order valence-corrected chi connectivity index (χ0v) is 10.9. The van der Waals surface area contributed by atoms with Crippen LogP contribution in [0.25, 0.3) is 0 Å². The molecule has 2 N–H and O–H groups in total. The molecule has 0 aliphatic heterocycles. The number of amides is 1. The van der Waals surface area contributed by atoms with Crippen LogP contribution in [0.5, 0.6) is 5.75 Å². The summed E-state index contributed by atoms with van der Waals surface area (Å²) in [5.41, 5.74) is 0.925. The molecule has 0 saturated carbocycles. The SMILES string of the molecule is O=C(Nc1ccccc1I)c1ccncc1O. The smallest absolute Gasteiger partial charge is 0.259 e. The number of anilines is 1. The van der Waals surface area contributed by atoms with Crippen LogP contribution >= 0.6 is 22.6 Å². The third-order valence-corrected chi connectivity index (χ3v) is 3.11. The molecule has 1 heterocycles. The Bertz CT molecular complexity index is 558. The van der Waals surface area contributed by atoms with Gasteiger partial charge in [0.2, 0.25) is 0 Å². The van der Waals surface area contributed by atoms with Gasteiger partial charge in [-0.1, -0.05) is 12.1 Å². The molecule has 0 aliphatic rings. The van der Waals surface area contributed by atoms with E-state index in [1.807, 2.05) is 18.2 Å². The minimum absolute atomic E-state index is 0.129. The predicted octanol–water partition coefficient (Wildman–Crippen LogP) is 2.64. The van der Waals surface area contributed by atoms with Gasteiger partial charge in [0.15, 0.2) is 0 Å². The minimum atomic E-state index is -0.353. The molecular weight excluding hydrogens is 331 g/mol. The normalized spacial score (nSPS) is 9.94. The maximum Gasteiger partial charge on any atom is 0.259 e. The van der Waals surface area contributed by atoms with E-state index in [1.54, 1.807) is 6.07 Å². The van der Waals surface area contributed by atoms with Crippen molar-refractivity contribution in [1.29, 1.82) is 0 Å². The van der Waals surface area contributed by atoms with Crippen LogP contribution in [0.15, 0.2) is 42.7 Å². The first kappa shape index (κ1) is 11.8. The summed E-state index contributed by atoms with van der Waals surface area (Å²) in [6.45, 7) is 0. The van der Waals surface area contributed by atoms with Gasteiger partial charge in [-0.05, 0) is 40.8 Å². The van der Waals surface area contributed by atoms with Gasteiger partial charge in [0, 0.05) is 9.77 Å². The van der Waals surface area contributed by atoms with Gasteiger partial charge in [0.1, 0.15) is 5.75 Å². The lowest BCUT2D eigenvalue weighted by Gasteiger charge is -2.07. The Balaban J connectivity index is 2.24. The molecule has 5 heteroatoms. The summed E-state index contributed by atoms with van der Waals surface area (Å²) in [6.07, 6.45) is 2.70. The molecular formula is C12H9IN2O2. The van der Waals surface area contributed by atoms with Gasteiger partial charge in [-0.25, -0.2) is 0 Å². The molecule has 1 aromatic carbocycles. The van der Waals surface area contributed by atoms with Crippen LogP contribution in [-0.4, -0.2) is 16.0 Å². The van der Waals surface area contributed by atoms with E-state index >= 15 is 0 Å². The van der Waals surface area contributed by atoms with Crippen LogP contribution in [0.4, 0.5) is 5.69 Å².